The monoisotopic (exact) mass is 288 g/mol. The number of aliphatic hydroxyl groups is 1. The molecule has 3 rings (SSSR count). The van der Waals surface area contributed by atoms with E-state index in [9.17, 15) is 9.90 Å². The van der Waals surface area contributed by atoms with E-state index in [0.29, 0.717) is 26.1 Å². The zero-order valence-electron chi connectivity index (χ0n) is 12.9. The summed E-state index contributed by atoms with van der Waals surface area (Å²) in [4.78, 5) is 16.8. The highest BCUT2D eigenvalue weighted by molar-refractivity contribution is 5.91. The van der Waals surface area contributed by atoms with Gasteiger partial charge in [0.1, 0.15) is 0 Å². The molecule has 1 amide bonds. The summed E-state index contributed by atoms with van der Waals surface area (Å²) in [7, 11) is 3.91. The molecule has 0 radical (unpaired) electrons. The van der Waals surface area contributed by atoms with Gasteiger partial charge in [0, 0.05) is 13.1 Å². The fourth-order valence-electron chi connectivity index (χ4n) is 3.56. The molecule has 1 unspecified atom stereocenters. The molecule has 1 saturated carbocycles. The van der Waals surface area contributed by atoms with Crippen molar-refractivity contribution in [1.29, 1.82) is 0 Å². The van der Waals surface area contributed by atoms with E-state index in [4.69, 9.17) is 0 Å². The second kappa shape index (κ2) is 5.11. The second-order valence-corrected chi connectivity index (χ2v) is 6.89. The zero-order valence-corrected chi connectivity index (χ0v) is 12.9. The van der Waals surface area contributed by atoms with Crippen LogP contribution >= 0.6 is 0 Å². The van der Waals surface area contributed by atoms with E-state index in [-0.39, 0.29) is 11.3 Å². The fourth-order valence-corrected chi connectivity index (χ4v) is 3.56. The third-order valence-electron chi connectivity index (χ3n) is 4.72. The molecule has 0 spiro atoms. The largest absolute Gasteiger partial charge is 0.387 e. The van der Waals surface area contributed by atoms with E-state index in [1.54, 1.807) is 0 Å². The van der Waals surface area contributed by atoms with Crippen molar-refractivity contribution in [3.05, 3.63) is 35.9 Å². The van der Waals surface area contributed by atoms with Gasteiger partial charge in [-0.25, -0.2) is 0 Å². The molecule has 114 valence electrons. The first kappa shape index (κ1) is 14.5. The lowest BCUT2D eigenvalue weighted by molar-refractivity contribution is -0.134. The zero-order chi connectivity index (χ0) is 15.1. The van der Waals surface area contributed by atoms with Crippen molar-refractivity contribution in [3.8, 4) is 0 Å². The second-order valence-electron chi connectivity index (χ2n) is 6.89. The Labute approximate surface area is 126 Å². The molecule has 1 atom stereocenters. The van der Waals surface area contributed by atoms with Crippen molar-refractivity contribution in [3.63, 3.8) is 0 Å². The average molecular weight is 288 g/mol. The van der Waals surface area contributed by atoms with Gasteiger partial charge in [0.15, 0.2) is 0 Å². The summed E-state index contributed by atoms with van der Waals surface area (Å²) < 4.78 is 0. The molecule has 1 heterocycles. The summed E-state index contributed by atoms with van der Waals surface area (Å²) in [5.74, 6) is 0.198. The first-order chi connectivity index (χ1) is 9.95. The molecule has 4 heteroatoms. The summed E-state index contributed by atoms with van der Waals surface area (Å²) in [6.07, 6.45) is 2.53. The predicted octanol–water partition coefficient (Wildman–Crippen LogP) is 1.24. The van der Waals surface area contributed by atoms with Crippen molar-refractivity contribution in [2.24, 2.45) is 0 Å². The maximum Gasteiger partial charge on any atom is 0.233 e. The number of β-amino-alcohol motifs (C(OH)–C–C–N with tert-alkyl or cyclic N) is 1. The van der Waals surface area contributed by atoms with Crippen LogP contribution in [0, 0.1) is 0 Å². The molecule has 0 aromatic heterocycles. The highest BCUT2D eigenvalue weighted by Gasteiger charge is 2.54. The van der Waals surface area contributed by atoms with Crippen LogP contribution in [0.4, 0.5) is 0 Å². The average Bonchev–Trinajstić information content (AvgIpc) is 3.17. The van der Waals surface area contributed by atoms with Crippen LogP contribution in [-0.2, 0) is 10.2 Å². The highest BCUT2D eigenvalue weighted by atomic mass is 16.3. The molecule has 1 aromatic rings. The fraction of sp³-hybridized carbons (Fsp3) is 0.588. The number of carbonyl (C=O) groups is 1. The van der Waals surface area contributed by atoms with Gasteiger partial charge in [-0.2, -0.15) is 0 Å². The number of hydrogen-bond donors (Lipinski definition) is 1. The predicted molar refractivity (Wildman–Crippen MR) is 82.1 cm³/mol. The number of carbonyl (C=O) groups excluding carboxylic acids is 1. The standard InChI is InChI=1S/C17H24N2O2/c1-18(2)12-16(21)10-11-19(13-16)15(20)17(8-9-17)14-6-4-3-5-7-14/h3-7,21H,8-13H2,1-2H3. The molecule has 0 bridgehead atoms. The summed E-state index contributed by atoms with van der Waals surface area (Å²) in [6, 6.07) is 10.1. The number of likely N-dealkylation sites (N-methyl/N-ethyl adjacent to an activating group) is 1. The van der Waals surface area contributed by atoms with E-state index < -0.39 is 5.60 Å². The van der Waals surface area contributed by atoms with Crippen molar-refractivity contribution in [2.75, 3.05) is 33.7 Å². The number of likely N-dealkylation sites (tertiary alicyclic amines) is 1. The van der Waals surface area contributed by atoms with Crippen LogP contribution in [-0.4, -0.2) is 60.1 Å². The Balaban J connectivity index is 1.73. The molecule has 1 aromatic carbocycles. The van der Waals surface area contributed by atoms with Crippen molar-refractivity contribution < 1.29 is 9.90 Å². The lowest BCUT2D eigenvalue weighted by Crippen LogP contribution is -2.45. The Hall–Kier alpha value is -1.39. The number of hydrogen-bond acceptors (Lipinski definition) is 3. The maximum atomic E-state index is 12.9. The highest BCUT2D eigenvalue weighted by Crippen LogP contribution is 2.50. The minimum atomic E-state index is -0.758. The van der Waals surface area contributed by atoms with E-state index in [1.165, 1.54) is 0 Å². The number of rotatable bonds is 4. The Morgan fingerprint density at radius 1 is 1.24 bits per heavy atom. The van der Waals surface area contributed by atoms with Crippen molar-refractivity contribution in [2.45, 2.75) is 30.3 Å². The Morgan fingerprint density at radius 3 is 2.48 bits per heavy atom. The molecule has 1 saturated heterocycles. The molecule has 1 aliphatic carbocycles. The minimum Gasteiger partial charge on any atom is -0.387 e. The maximum absolute atomic E-state index is 12.9. The van der Waals surface area contributed by atoms with E-state index in [1.807, 2.05) is 54.2 Å². The molecular formula is C17H24N2O2. The number of benzene rings is 1. The van der Waals surface area contributed by atoms with Gasteiger partial charge >= 0.3 is 0 Å². The normalized spacial score (nSPS) is 27.1. The van der Waals surface area contributed by atoms with Gasteiger partial charge < -0.3 is 14.9 Å². The minimum absolute atomic E-state index is 0.198. The summed E-state index contributed by atoms with van der Waals surface area (Å²) in [5, 5.41) is 10.6. The summed E-state index contributed by atoms with van der Waals surface area (Å²) >= 11 is 0. The quantitative estimate of drug-likeness (QED) is 0.906. The molecule has 21 heavy (non-hydrogen) atoms. The number of amides is 1. The SMILES string of the molecule is CN(C)CC1(O)CCN(C(=O)C2(c3ccccc3)CC2)C1. The van der Waals surface area contributed by atoms with Crippen LogP contribution in [0.5, 0.6) is 0 Å². The van der Waals surface area contributed by atoms with Gasteiger partial charge in [-0.3, -0.25) is 4.79 Å². The first-order valence-electron chi connectivity index (χ1n) is 7.67. The molecule has 2 aliphatic rings. The van der Waals surface area contributed by atoms with Gasteiger partial charge in [-0.05, 0) is 38.9 Å². The Bertz CT molecular complexity index is 525. The van der Waals surface area contributed by atoms with Gasteiger partial charge in [-0.15, -0.1) is 0 Å². The van der Waals surface area contributed by atoms with Gasteiger partial charge in [0.2, 0.25) is 5.91 Å². The summed E-state index contributed by atoms with van der Waals surface area (Å²) in [5.41, 5.74) is 0.0503. The van der Waals surface area contributed by atoms with Crippen LogP contribution in [0.2, 0.25) is 0 Å². The van der Waals surface area contributed by atoms with E-state index in [0.717, 1.165) is 18.4 Å². The topological polar surface area (TPSA) is 43.8 Å². The Kier molecular flexibility index (Phi) is 3.54. The van der Waals surface area contributed by atoms with E-state index >= 15 is 0 Å². The molecule has 1 aliphatic heterocycles. The van der Waals surface area contributed by atoms with Crippen molar-refractivity contribution >= 4 is 5.91 Å². The lowest BCUT2D eigenvalue weighted by atomic mass is 9.94. The van der Waals surface area contributed by atoms with Gasteiger partial charge in [0.25, 0.3) is 0 Å². The van der Waals surface area contributed by atoms with Crippen LogP contribution < -0.4 is 0 Å². The van der Waals surface area contributed by atoms with Gasteiger partial charge in [-0.1, -0.05) is 30.3 Å². The molecule has 2 fully saturated rings. The van der Waals surface area contributed by atoms with Crippen LogP contribution in [0.3, 0.4) is 0 Å². The van der Waals surface area contributed by atoms with Crippen molar-refractivity contribution in [1.82, 2.24) is 9.80 Å². The van der Waals surface area contributed by atoms with E-state index in [2.05, 4.69) is 0 Å². The Morgan fingerprint density at radius 2 is 1.90 bits per heavy atom. The van der Waals surface area contributed by atoms with Gasteiger partial charge in [0.05, 0.1) is 17.6 Å². The van der Waals surface area contributed by atoms with Crippen LogP contribution in [0.25, 0.3) is 0 Å². The molecule has 4 nitrogen and oxygen atoms in total. The van der Waals surface area contributed by atoms with Crippen LogP contribution in [0.1, 0.15) is 24.8 Å². The smallest absolute Gasteiger partial charge is 0.233 e. The molecular weight excluding hydrogens is 264 g/mol. The third kappa shape index (κ3) is 2.70. The summed E-state index contributed by atoms with van der Waals surface area (Å²) in [6.45, 7) is 1.73. The number of nitrogens with zero attached hydrogens (tertiary/aromatic N) is 2. The first-order valence-corrected chi connectivity index (χ1v) is 7.67. The third-order valence-corrected chi connectivity index (χ3v) is 4.72. The molecule has 1 N–H and O–H groups in total. The lowest BCUT2D eigenvalue weighted by Gasteiger charge is -2.28. The van der Waals surface area contributed by atoms with Crippen LogP contribution in [0.15, 0.2) is 30.3 Å².